The lowest BCUT2D eigenvalue weighted by molar-refractivity contribution is -0.137. The number of rotatable bonds is 4. The zero-order chi connectivity index (χ0) is 12.9. The van der Waals surface area contributed by atoms with Gasteiger partial charge in [0.15, 0.2) is 0 Å². The highest BCUT2D eigenvalue weighted by atomic mass is 19.4. The number of hydrogen-bond donors (Lipinski definition) is 1. The molecule has 0 aliphatic heterocycles. The van der Waals surface area contributed by atoms with Crippen molar-refractivity contribution >= 4 is 5.91 Å². The van der Waals surface area contributed by atoms with Gasteiger partial charge in [0.05, 0.1) is 5.56 Å². The number of benzene rings is 1. The van der Waals surface area contributed by atoms with Crippen LogP contribution in [0.25, 0.3) is 0 Å². The zero-order valence-electron chi connectivity index (χ0n) is 9.05. The molecule has 0 heterocycles. The van der Waals surface area contributed by atoms with Gasteiger partial charge in [-0.3, -0.25) is 4.79 Å². The lowest BCUT2D eigenvalue weighted by Gasteiger charge is -2.08. The van der Waals surface area contributed by atoms with Crippen molar-refractivity contribution in [3.8, 4) is 0 Å². The minimum Gasteiger partial charge on any atom is -0.352 e. The molecule has 0 saturated heterocycles. The van der Waals surface area contributed by atoms with Gasteiger partial charge in [-0.25, -0.2) is 0 Å². The third-order valence-corrected chi connectivity index (χ3v) is 2.10. The number of alkyl halides is 3. The quantitative estimate of drug-likeness (QED) is 0.821. The van der Waals surface area contributed by atoms with Crippen LogP contribution >= 0.6 is 0 Å². The molecule has 0 atom stereocenters. The summed E-state index contributed by atoms with van der Waals surface area (Å²) in [6.07, 6.45) is -2.67. The number of carbonyl (C=O) groups excluding carboxylic acids is 1. The molecule has 1 aromatic rings. The van der Waals surface area contributed by atoms with E-state index in [1.54, 1.807) is 0 Å². The van der Waals surface area contributed by atoms with Crippen LogP contribution in [0.15, 0.2) is 36.9 Å². The Balaban J connectivity index is 0. The van der Waals surface area contributed by atoms with E-state index in [4.69, 9.17) is 0 Å². The van der Waals surface area contributed by atoms with Gasteiger partial charge < -0.3 is 5.32 Å². The maximum atomic E-state index is 12.3. The molecule has 0 aliphatic rings. The van der Waals surface area contributed by atoms with Gasteiger partial charge in [0.2, 0.25) is 5.91 Å². The lowest BCUT2D eigenvalue weighted by atomic mass is 10.1. The minimum absolute atomic E-state index is 0. The molecule has 0 spiro atoms. The van der Waals surface area contributed by atoms with E-state index in [0.29, 0.717) is 5.56 Å². The van der Waals surface area contributed by atoms with Crippen molar-refractivity contribution in [1.29, 1.82) is 0 Å². The third kappa shape index (κ3) is 5.03. The SMILES string of the molecule is C.C=CCC(=O)NCc1ccc(C(F)(F)F)cc1.[HH]. The molecule has 1 aromatic carbocycles. The molecule has 1 N–H and O–H groups in total. The lowest BCUT2D eigenvalue weighted by Crippen LogP contribution is -2.21. The second kappa shape index (κ2) is 6.83. The van der Waals surface area contributed by atoms with Crippen LogP contribution < -0.4 is 5.32 Å². The van der Waals surface area contributed by atoms with Gasteiger partial charge in [-0.15, -0.1) is 6.58 Å². The Morgan fingerprint density at radius 1 is 1.33 bits per heavy atom. The van der Waals surface area contributed by atoms with Gasteiger partial charge in [-0.2, -0.15) is 13.2 Å². The van der Waals surface area contributed by atoms with E-state index in [9.17, 15) is 18.0 Å². The summed E-state index contributed by atoms with van der Waals surface area (Å²) in [6.45, 7) is 3.62. The number of amides is 1. The molecule has 0 aliphatic carbocycles. The van der Waals surface area contributed by atoms with Gasteiger partial charge in [-0.1, -0.05) is 25.6 Å². The molecule has 102 valence electrons. The van der Waals surface area contributed by atoms with Gasteiger partial charge in [0, 0.05) is 14.4 Å². The number of nitrogens with one attached hydrogen (secondary N) is 1. The fourth-order valence-corrected chi connectivity index (χ4v) is 1.22. The van der Waals surface area contributed by atoms with E-state index < -0.39 is 11.7 Å². The van der Waals surface area contributed by atoms with Crippen LogP contribution in [-0.2, 0) is 17.5 Å². The van der Waals surface area contributed by atoms with Gasteiger partial charge >= 0.3 is 6.18 Å². The molecule has 5 heteroatoms. The smallest absolute Gasteiger partial charge is 0.352 e. The van der Waals surface area contributed by atoms with E-state index in [0.717, 1.165) is 12.1 Å². The third-order valence-electron chi connectivity index (χ3n) is 2.10. The topological polar surface area (TPSA) is 29.1 Å². The molecule has 1 rings (SSSR count). The Morgan fingerprint density at radius 3 is 2.33 bits per heavy atom. The summed E-state index contributed by atoms with van der Waals surface area (Å²) in [7, 11) is 0. The highest BCUT2D eigenvalue weighted by Gasteiger charge is 2.29. The Labute approximate surface area is 106 Å². The van der Waals surface area contributed by atoms with Gasteiger partial charge in [0.25, 0.3) is 0 Å². The Hall–Kier alpha value is -1.78. The molecule has 0 aromatic heterocycles. The van der Waals surface area contributed by atoms with Crippen LogP contribution in [0.5, 0.6) is 0 Å². The summed E-state index contributed by atoms with van der Waals surface area (Å²) >= 11 is 0. The van der Waals surface area contributed by atoms with E-state index in [1.807, 2.05) is 0 Å². The summed E-state index contributed by atoms with van der Waals surface area (Å²) in [5.41, 5.74) is -0.0749. The average Bonchev–Trinajstić information content (AvgIpc) is 2.26. The predicted octanol–water partition coefficient (Wildman–Crippen LogP) is 3.78. The number of hydrogen-bond acceptors (Lipinski definition) is 1. The first kappa shape index (κ1) is 16.2. The molecule has 0 fully saturated rings. The van der Waals surface area contributed by atoms with E-state index in [1.165, 1.54) is 18.2 Å². The molecule has 0 bridgehead atoms. The van der Waals surface area contributed by atoms with Gasteiger partial charge in [0.1, 0.15) is 0 Å². The summed E-state index contributed by atoms with van der Waals surface area (Å²) in [6, 6.07) is 4.68. The van der Waals surface area contributed by atoms with Crippen molar-refractivity contribution in [2.24, 2.45) is 0 Å². The predicted molar refractivity (Wildman–Crippen MR) is 66.9 cm³/mol. The number of halogens is 3. The maximum absolute atomic E-state index is 12.3. The van der Waals surface area contributed by atoms with Gasteiger partial charge in [-0.05, 0) is 17.7 Å². The van der Waals surface area contributed by atoms with E-state index in [2.05, 4.69) is 11.9 Å². The number of carbonyl (C=O) groups is 1. The molecule has 0 saturated carbocycles. The Morgan fingerprint density at radius 2 is 1.89 bits per heavy atom. The maximum Gasteiger partial charge on any atom is 0.416 e. The fraction of sp³-hybridized carbons (Fsp3) is 0.308. The molecule has 18 heavy (non-hydrogen) atoms. The summed E-state index contributed by atoms with van der Waals surface area (Å²) in [5, 5.41) is 2.57. The highest BCUT2D eigenvalue weighted by Crippen LogP contribution is 2.28. The first-order chi connectivity index (χ1) is 7.93. The Kier molecular flexibility index (Phi) is 6.16. The van der Waals surface area contributed by atoms with Crippen molar-refractivity contribution in [2.75, 3.05) is 0 Å². The second-order valence-corrected chi connectivity index (χ2v) is 3.46. The monoisotopic (exact) mass is 261 g/mol. The molecule has 1 amide bonds. The van der Waals surface area contributed by atoms with E-state index >= 15 is 0 Å². The highest BCUT2D eigenvalue weighted by molar-refractivity contribution is 5.77. The molecule has 0 radical (unpaired) electrons. The van der Waals surface area contributed by atoms with Crippen LogP contribution in [0.3, 0.4) is 0 Å². The molecule has 0 unspecified atom stereocenters. The first-order valence-electron chi connectivity index (χ1n) is 4.97. The summed E-state index contributed by atoms with van der Waals surface area (Å²) in [5.74, 6) is -0.208. The van der Waals surface area contributed by atoms with Crippen molar-refractivity contribution in [3.63, 3.8) is 0 Å². The van der Waals surface area contributed by atoms with Crippen LogP contribution in [0.2, 0.25) is 0 Å². The van der Waals surface area contributed by atoms with Crippen molar-refractivity contribution in [1.82, 2.24) is 5.32 Å². The second-order valence-electron chi connectivity index (χ2n) is 3.46. The van der Waals surface area contributed by atoms with Crippen molar-refractivity contribution < 1.29 is 19.4 Å². The first-order valence-corrected chi connectivity index (χ1v) is 4.97. The average molecular weight is 261 g/mol. The van der Waals surface area contributed by atoms with Crippen LogP contribution in [0.4, 0.5) is 13.2 Å². The molecule has 2 nitrogen and oxygen atoms in total. The molecular weight excluding hydrogens is 243 g/mol. The fourth-order valence-electron chi connectivity index (χ4n) is 1.22. The van der Waals surface area contributed by atoms with Crippen LogP contribution in [0, 0.1) is 0 Å². The van der Waals surface area contributed by atoms with Crippen LogP contribution in [0.1, 0.15) is 26.4 Å². The van der Waals surface area contributed by atoms with E-state index in [-0.39, 0.29) is 27.7 Å². The summed E-state index contributed by atoms with van der Waals surface area (Å²) in [4.78, 5) is 11.1. The largest absolute Gasteiger partial charge is 0.416 e. The van der Waals surface area contributed by atoms with Crippen molar-refractivity contribution in [2.45, 2.75) is 26.6 Å². The normalized spacial score (nSPS) is 10.4. The minimum atomic E-state index is -4.33. The van der Waals surface area contributed by atoms with Crippen molar-refractivity contribution in [3.05, 3.63) is 48.0 Å². The molecular formula is C13H18F3NO. The standard InChI is InChI=1S/C12H12F3NO.CH4.H2/c1-2-3-11(17)16-8-9-4-6-10(7-5-9)12(13,14)15;;/h2,4-7H,1,3,8H2,(H,16,17);1H4;1H. The summed E-state index contributed by atoms with van der Waals surface area (Å²) < 4.78 is 36.8. The Bertz CT molecular complexity index is 401. The zero-order valence-corrected chi connectivity index (χ0v) is 9.05. The van der Waals surface area contributed by atoms with Crippen LogP contribution in [-0.4, -0.2) is 5.91 Å².